The summed E-state index contributed by atoms with van der Waals surface area (Å²) in [5, 5.41) is 1.88. The molecule has 0 aliphatic carbocycles. The van der Waals surface area contributed by atoms with E-state index in [1.54, 1.807) is 36.7 Å². The van der Waals surface area contributed by atoms with Gasteiger partial charge in [0.2, 0.25) is 0 Å². The summed E-state index contributed by atoms with van der Waals surface area (Å²) >= 11 is 0. The van der Waals surface area contributed by atoms with E-state index in [4.69, 9.17) is 8.53 Å². The van der Waals surface area contributed by atoms with Crippen LogP contribution in [0.1, 0.15) is 39.2 Å². The van der Waals surface area contributed by atoms with E-state index in [0.29, 0.717) is 33.6 Å². The number of hydrogen-bond acceptors (Lipinski definition) is 3. The number of nitrogens with zero attached hydrogens (tertiary/aromatic N) is 2. The monoisotopic (exact) mass is 864 g/mol. The third-order valence-electron chi connectivity index (χ3n) is 9.00. The molecule has 1 radical (unpaired) electrons. The largest absolute Gasteiger partial charge is 0.501 e. The van der Waals surface area contributed by atoms with Crippen LogP contribution < -0.4 is 0 Å². The fraction of sp³-hybridized carbons (Fsp3) is 0.0612. The Morgan fingerprint density at radius 1 is 0.604 bits per heavy atom. The van der Waals surface area contributed by atoms with Crippen molar-refractivity contribution in [3.63, 3.8) is 0 Å². The van der Waals surface area contributed by atoms with E-state index in [2.05, 4.69) is 46.4 Å². The van der Waals surface area contributed by atoms with Gasteiger partial charge >= 0.3 is 0 Å². The minimum atomic E-state index is -1.67. The molecule has 0 N–H and O–H groups in total. The van der Waals surface area contributed by atoms with E-state index in [-0.39, 0.29) is 20.1 Å². The Morgan fingerprint density at radius 3 is 2.09 bits per heavy atom. The van der Waals surface area contributed by atoms with Crippen molar-refractivity contribution < 1.29 is 28.6 Å². The Morgan fingerprint density at radius 2 is 1.32 bits per heavy atom. The van der Waals surface area contributed by atoms with Crippen LogP contribution in [-0.2, 0) is 26.5 Å². The van der Waals surface area contributed by atoms with Crippen LogP contribution in [0.15, 0.2) is 187 Å². The van der Waals surface area contributed by atoms with E-state index in [0.717, 1.165) is 33.2 Å². The van der Waals surface area contributed by atoms with Crippen molar-refractivity contribution in [3.05, 3.63) is 217 Å². The van der Waals surface area contributed by atoms with Crippen molar-refractivity contribution in [2.75, 3.05) is 0 Å². The van der Waals surface area contributed by atoms with Crippen LogP contribution in [0.3, 0.4) is 0 Å². The smallest absolute Gasteiger partial charge is 0.121 e. The van der Waals surface area contributed by atoms with Gasteiger partial charge in [0, 0.05) is 47.9 Å². The second-order valence-corrected chi connectivity index (χ2v) is 12.4. The minimum Gasteiger partial charge on any atom is -0.501 e. The number of fused-ring (bicyclic) bond motifs is 3. The fourth-order valence-corrected chi connectivity index (χ4v) is 6.30. The summed E-state index contributed by atoms with van der Waals surface area (Å²) in [6.07, 6.45) is 1.76. The maximum absolute atomic E-state index is 9.05. The van der Waals surface area contributed by atoms with Gasteiger partial charge in [-0.25, -0.2) is 0 Å². The molecule has 0 aliphatic rings. The summed E-state index contributed by atoms with van der Waals surface area (Å²) in [6.45, 7) is 1.89. The molecule has 0 fully saturated rings. The second-order valence-electron chi connectivity index (χ2n) is 12.4. The number of hydrogen-bond donors (Lipinski definition) is 0. The zero-order valence-electron chi connectivity index (χ0n) is 32.0. The number of pyridine rings is 2. The zero-order chi connectivity index (χ0) is 37.8. The zero-order valence-corrected chi connectivity index (χ0v) is 31.4. The summed E-state index contributed by atoms with van der Waals surface area (Å²) in [5.41, 5.74) is 9.84. The third kappa shape index (κ3) is 8.10. The first-order chi connectivity index (χ1) is 26.8. The Hall–Kier alpha value is -5.93. The van der Waals surface area contributed by atoms with E-state index < -0.39 is 12.3 Å². The van der Waals surface area contributed by atoms with Crippen molar-refractivity contribution in [3.8, 4) is 33.6 Å². The van der Waals surface area contributed by atoms with Gasteiger partial charge in [0.05, 0.1) is 5.58 Å². The van der Waals surface area contributed by atoms with Crippen molar-refractivity contribution in [2.45, 2.75) is 19.2 Å². The second kappa shape index (κ2) is 16.6. The van der Waals surface area contributed by atoms with Crippen LogP contribution in [0.4, 0.5) is 0 Å². The Bertz CT molecular complexity index is 2650. The Kier molecular flexibility index (Phi) is 9.96. The molecule has 0 bridgehead atoms. The van der Waals surface area contributed by atoms with Crippen LogP contribution in [0, 0.1) is 12.1 Å². The third-order valence-corrected chi connectivity index (χ3v) is 9.00. The molecule has 3 aromatic heterocycles. The molecule has 53 heavy (non-hydrogen) atoms. The summed E-state index contributed by atoms with van der Waals surface area (Å²) in [7, 11) is 0. The molecule has 0 saturated heterocycles. The number of rotatable bonds is 7. The first-order valence-electron chi connectivity index (χ1n) is 18.7. The molecular weight excluding hydrogens is 825 g/mol. The number of aromatic nitrogens is 2. The topological polar surface area (TPSA) is 38.9 Å². The van der Waals surface area contributed by atoms with E-state index >= 15 is 0 Å². The predicted molar refractivity (Wildman–Crippen MR) is 213 cm³/mol. The Balaban J connectivity index is 0.000000212. The van der Waals surface area contributed by atoms with Gasteiger partial charge in [-0.1, -0.05) is 139 Å². The van der Waals surface area contributed by atoms with Crippen LogP contribution in [-0.4, -0.2) is 9.97 Å². The molecule has 1 atom stereocenters. The summed E-state index contributed by atoms with van der Waals surface area (Å²) < 4.78 is 32.9. The Labute approximate surface area is 328 Å². The molecular formula is C49H36IrN2O-2. The summed E-state index contributed by atoms with van der Waals surface area (Å²) in [4.78, 5) is 8.90. The SMILES string of the molecule is [2H]C([2H])(c1ccccc1)c1ccnc(-c2[c-]ccc3c2oc2cc(C([2H])(C)c4ccccc4)ccc23)c1.[Ir].[c-]1ccc(-c2ccccc2)cc1-c1ccccn1. The predicted octanol–water partition coefficient (Wildman–Crippen LogP) is 12.4. The molecule has 0 amide bonds. The average Bonchev–Trinajstić information content (AvgIpc) is 3.64. The first kappa shape index (κ1) is 31.8. The van der Waals surface area contributed by atoms with Gasteiger partial charge in [0.1, 0.15) is 5.58 Å². The normalized spacial score (nSPS) is 13.0. The maximum atomic E-state index is 9.05. The molecule has 1 unspecified atom stereocenters. The van der Waals surface area contributed by atoms with Gasteiger partial charge in [0.25, 0.3) is 0 Å². The van der Waals surface area contributed by atoms with Crippen molar-refractivity contribution in [1.29, 1.82) is 0 Å². The van der Waals surface area contributed by atoms with Crippen molar-refractivity contribution in [2.24, 2.45) is 0 Å². The molecule has 4 heteroatoms. The van der Waals surface area contributed by atoms with Gasteiger partial charge in [0.15, 0.2) is 0 Å². The summed E-state index contributed by atoms with van der Waals surface area (Å²) in [6, 6.07) is 61.0. The summed E-state index contributed by atoms with van der Waals surface area (Å²) in [5.74, 6) is -0.928. The molecule has 6 aromatic carbocycles. The van der Waals surface area contributed by atoms with Gasteiger partial charge < -0.3 is 14.4 Å². The molecule has 3 heterocycles. The van der Waals surface area contributed by atoms with Gasteiger partial charge in [-0.3, -0.25) is 0 Å². The standard InChI is InChI=1S/C32H24NO.C17H12N.Ir/c1-22(25-11-6-3-7-12-25)26-15-16-27-28-13-8-14-29(32(28)34-31(27)21-26)30-20-24(17-18-33-30)19-23-9-4-2-5-10-23;1-2-7-14(8-3-1)15-9-6-10-16(13-15)17-11-4-5-12-18-17;/h2-13,15-18,20-22H,19H2,1H3;1-9,11-13H;/q2*-1;/i19D2,22D;;. The van der Waals surface area contributed by atoms with Crippen LogP contribution in [0.25, 0.3) is 55.6 Å². The van der Waals surface area contributed by atoms with E-state index in [1.807, 2.05) is 128 Å². The molecule has 259 valence electrons. The molecule has 0 spiro atoms. The molecule has 0 aliphatic heterocycles. The minimum absolute atomic E-state index is 0. The van der Waals surface area contributed by atoms with Gasteiger partial charge in [-0.2, -0.15) is 0 Å². The molecule has 3 nitrogen and oxygen atoms in total. The van der Waals surface area contributed by atoms with E-state index in [1.165, 1.54) is 11.1 Å². The van der Waals surface area contributed by atoms with Gasteiger partial charge in [-0.15, -0.1) is 53.6 Å². The maximum Gasteiger partial charge on any atom is 0.121 e. The quantitative estimate of drug-likeness (QED) is 0.150. The van der Waals surface area contributed by atoms with Crippen molar-refractivity contribution >= 4 is 21.9 Å². The van der Waals surface area contributed by atoms with Gasteiger partial charge in [-0.05, 0) is 63.8 Å². The average molecular weight is 864 g/mol. The number of benzene rings is 6. The number of furan rings is 1. The molecule has 9 aromatic rings. The van der Waals surface area contributed by atoms with E-state index in [9.17, 15) is 0 Å². The molecule has 0 saturated carbocycles. The van der Waals surface area contributed by atoms with Crippen LogP contribution >= 0.6 is 0 Å². The van der Waals surface area contributed by atoms with Crippen LogP contribution in [0.5, 0.6) is 0 Å². The van der Waals surface area contributed by atoms with Crippen molar-refractivity contribution in [1.82, 2.24) is 9.97 Å². The van der Waals surface area contributed by atoms with Crippen LogP contribution in [0.2, 0.25) is 0 Å². The first-order valence-corrected chi connectivity index (χ1v) is 17.2. The fourth-order valence-electron chi connectivity index (χ4n) is 6.30. The molecule has 9 rings (SSSR count).